The zero-order valence-electron chi connectivity index (χ0n) is 6.07. The number of oxazole rings is 1. The SMILES string of the molecule is NCc1ncnc2oc(=O)[nH]c12. The molecule has 3 N–H and O–H groups in total. The Morgan fingerprint density at radius 2 is 2.42 bits per heavy atom. The molecule has 0 bridgehead atoms. The van der Waals surface area contributed by atoms with E-state index in [4.69, 9.17) is 10.2 Å². The highest BCUT2D eigenvalue weighted by Crippen LogP contribution is 2.07. The van der Waals surface area contributed by atoms with Crippen LogP contribution in [0.4, 0.5) is 0 Å². The molecule has 2 heterocycles. The first kappa shape index (κ1) is 6.99. The molecule has 2 aromatic rings. The van der Waals surface area contributed by atoms with E-state index < -0.39 is 5.76 Å². The largest absolute Gasteiger partial charge is 0.418 e. The molecule has 0 fully saturated rings. The Hall–Kier alpha value is -1.69. The van der Waals surface area contributed by atoms with Gasteiger partial charge in [-0.05, 0) is 0 Å². The molecule has 62 valence electrons. The minimum Gasteiger partial charge on any atom is -0.389 e. The van der Waals surface area contributed by atoms with E-state index in [2.05, 4.69) is 15.0 Å². The van der Waals surface area contributed by atoms with Gasteiger partial charge in [0.15, 0.2) is 0 Å². The van der Waals surface area contributed by atoms with Gasteiger partial charge in [0.25, 0.3) is 5.71 Å². The molecule has 0 aromatic carbocycles. The number of aromatic amines is 1. The van der Waals surface area contributed by atoms with E-state index in [-0.39, 0.29) is 12.3 Å². The number of nitrogens with zero attached hydrogens (tertiary/aromatic N) is 2. The maximum Gasteiger partial charge on any atom is 0.418 e. The van der Waals surface area contributed by atoms with Crippen molar-refractivity contribution in [1.29, 1.82) is 0 Å². The van der Waals surface area contributed by atoms with Crippen LogP contribution >= 0.6 is 0 Å². The lowest BCUT2D eigenvalue weighted by atomic mass is 10.4. The van der Waals surface area contributed by atoms with E-state index in [0.717, 1.165) is 0 Å². The predicted octanol–water partition coefficient (Wildman–Crippen LogP) is -0.630. The molecule has 0 aliphatic carbocycles. The van der Waals surface area contributed by atoms with Gasteiger partial charge < -0.3 is 10.2 Å². The average Bonchev–Trinajstić information content (AvgIpc) is 2.44. The van der Waals surface area contributed by atoms with Gasteiger partial charge in [0, 0.05) is 6.54 Å². The summed E-state index contributed by atoms with van der Waals surface area (Å²) in [4.78, 5) is 20.8. The zero-order valence-corrected chi connectivity index (χ0v) is 6.07. The lowest BCUT2D eigenvalue weighted by molar-refractivity contribution is 0.545. The number of H-pyrrole nitrogens is 1. The van der Waals surface area contributed by atoms with Crippen molar-refractivity contribution in [1.82, 2.24) is 15.0 Å². The summed E-state index contributed by atoms with van der Waals surface area (Å²) in [5.74, 6) is -0.541. The topological polar surface area (TPSA) is 97.8 Å². The Labute approximate surface area is 66.4 Å². The Bertz CT molecular complexity index is 458. The lowest BCUT2D eigenvalue weighted by Crippen LogP contribution is -2.01. The van der Waals surface area contributed by atoms with Gasteiger partial charge in [-0.1, -0.05) is 0 Å². The van der Waals surface area contributed by atoms with Crippen LogP contribution in [0.5, 0.6) is 0 Å². The molecule has 12 heavy (non-hydrogen) atoms. The van der Waals surface area contributed by atoms with E-state index in [1.807, 2.05) is 0 Å². The van der Waals surface area contributed by atoms with Crippen molar-refractivity contribution in [3.05, 3.63) is 22.6 Å². The highest BCUT2D eigenvalue weighted by atomic mass is 16.4. The molecule has 2 aromatic heterocycles. The maximum atomic E-state index is 10.7. The van der Waals surface area contributed by atoms with Gasteiger partial charge in [-0.25, -0.2) is 9.78 Å². The number of aromatic nitrogens is 3. The molecular formula is C6H6N4O2. The Kier molecular flexibility index (Phi) is 1.41. The molecule has 0 spiro atoms. The molecule has 6 heteroatoms. The summed E-state index contributed by atoms with van der Waals surface area (Å²) in [7, 11) is 0. The van der Waals surface area contributed by atoms with Crippen LogP contribution in [0.1, 0.15) is 5.69 Å². The quantitative estimate of drug-likeness (QED) is 0.587. The summed E-state index contributed by atoms with van der Waals surface area (Å²) in [5.41, 5.74) is 6.67. The molecule has 0 amide bonds. The smallest absolute Gasteiger partial charge is 0.389 e. The van der Waals surface area contributed by atoms with Crippen LogP contribution in [0, 0.1) is 0 Å². The number of rotatable bonds is 1. The third-order valence-corrected chi connectivity index (χ3v) is 1.50. The molecule has 0 aliphatic rings. The van der Waals surface area contributed by atoms with Crippen molar-refractivity contribution < 1.29 is 4.42 Å². The first-order valence-corrected chi connectivity index (χ1v) is 3.34. The first-order chi connectivity index (χ1) is 5.81. The second kappa shape index (κ2) is 2.42. The molecule has 6 nitrogen and oxygen atoms in total. The average molecular weight is 166 g/mol. The van der Waals surface area contributed by atoms with Gasteiger partial charge in [0.1, 0.15) is 11.8 Å². The first-order valence-electron chi connectivity index (χ1n) is 3.34. The summed E-state index contributed by atoms with van der Waals surface area (Å²) in [6, 6.07) is 0. The van der Waals surface area contributed by atoms with E-state index >= 15 is 0 Å². The van der Waals surface area contributed by atoms with Gasteiger partial charge in [0.2, 0.25) is 0 Å². The minimum atomic E-state index is -0.541. The molecule has 0 radical (unpaired) electrons. The molecule has 0 unspecified atom stereocenters. The minimum absolute atomic E-state index is 0.245. The highest BCUT2D eigenvalue weighted by Gasteiger charge is 2.06. The van der Waals surface area contributed by atoms with Crippen molar-refractivity contribution >= 4 is 11.2 Å². The van der Waals surface area contributed by atoms with E-state index in [1.165, 1.54) is 6.33 Å². The van der Waals surface area contributed by atoms with Gasteiger partial charge in [-0.2, -0.15) is 4.98 Å². The second-order valence-electron chi connectivity index (χ2n) is 2.22. The number of fused-ring (bicyclic) bond motifs is 1. The van der Waals surface area contributed by atoms with Crippen molar-refractivity contribution in [2.24, 2.45) is 5.73 Å². The van der Waals surface area contributed by atoms with Gasteiger partial charge in [-0.15, -0.1) is 0 Å². The third-order valence-electron chi connectivity index (χ3n) is 1.50. The standard InChI is InChI=1S/C6H6N4O2/c7-1-3-4-5(9-2-8-3)12-6(11)10-4/h2H,1,7H2,(H,10,11). The summed E-state index contributed by atoms with van der Waals surface area (Å²) in [6.45, 7) is 0.245. The fourth-order valence-corrected chi connectivity index (χ4v) is 0.977. The summed E-state index contributed by atoms with van der Waals surface area (Å²) in [6.07, 6.45) is 1.31. The number of hydrogen-bond acceptors (Lipinski definition) is 5. The van der Waals surface area contributed by atoms with Crippen molar-refractivity contribution in [3.63, 3.8) is 0 Å². The van der Waals surface area contributed by atoms with E-state index in [1.54, 1.807) is 0 Å². The van der Waals surface area contributed by atoms with Crippen LogP contribution in [0.3, 0.4) is 0 Å². The number of nitrogens with two attached hydrogens (primary N) is 1. The van der Waals surface area contributed by atoms with E-state index in [0.29, 0.717) is 11.2 Å². The van der Waals surface area contributed by atoms with Gasteiger partial charge >= 0.3 is 5.76 Å². The van der Waals surface area contributed by atoms with Gasteiger partial charge in [0.05, 0.1) is 5.69 Å². The number of nitrogens with one attached hydrogen (secondary N) is 1. The van der Waals surface area contributed by atoms with E-state index in [9.17, 15) is 4.79 Å². The lowest BCUT2D eigenvalue weighted by Gasteiger charge is -1.92. The van der Waals surface area contributed by atoms with Crippen molar-refractivity contribution in [2.45, 2.75) is 6.54 Å². The van der Waals surface area contributed by atoms with Crippen LogP contribution in [0.15, 0.2) is 15.5 Å². The normalized spacial score (nSPS) is 10.8. The summed E-state index contributed by atoms with van der Waals surface area (Å²) in [5, 5.41) is 0. The van der Waals surface area contributed by atoms with Crippen molar-refractivity contribution in [3.8, 4) is 0 Å². The van der Waals surface area contributed by atoms with Crippen LogP contribution in [0.25, 0.3) is 11.2 Å². The molecular weight excluding hydrogens is 160 g/mol. The highest BCUT2D eigenvalue weighted by molar-refractivity contribution is 5.69. The fourth-order valence-electron chi connectivity index (χ4n) is 0.977. The molecule has 2 rings (SSSR count). The zero-order chi connectivity index (χ0) is 8.55. The fraction of sp³-hybridized carbons (Fsp3) is 0.167. The predicted molar refractivity (Wildman–Crippen MR) is 40.3 cm³/mol. The maximum absolute atomic E-state index is 10.7. The Morgan fingerprint density at radius 3 is 3.17 bits per heavy atom. The molecule has 0 saturated carbocycles. The van der Waals surface area contributed by atoms with Gasteiger partial charge in [-0.3, -0.25) is 4.98 Å². The molecule has 0 atom stereocenters. The van der Waals surface area contributed by atoms with Crippen molar-refractivity contribution in [2.75, 3.05) is 0 Å². The monoisotopic (exact) mass is 166 g/mol. The molecule has 0 saturated heterocycles. The summed E-state index contributed by atoms with van der Waals surface area (Å²) < 4.78 is 4.69. The number of hydrogen-bond donors (Lipinski definition) is 2. The van der Waals surface area contributed by atoms with Crippen LogP contribution in [-0.2, 0) is 6.54 Å². The Balaban J connectivity index is 2.87. The third kappa shape index (κ3) is 0.892. The van der Waals surface area contributed by atoms with Crippen LogP contribution in [0.2, 0.25) is 0 Å². The second-order valence-corrected chi connectivity index (χ2v) is 2.22. The molecule has 0 aliphatic heterocycles. The van der Waals surface area contributed by atoms with Crippen LogP contribution < -0.4 is 11.5 Å². The van der Waals surface area contributed by atoms with Crippen LogP contribution in [-0.4, -0.2) is 15.0 Å². The summed E-state index contributed by atoms with van der Waals surface area (Å²) >= 11 is 0. The Morgan fingerprint density at radius 1 is 1.58 bits per heavy atom.